The molecule has 0 bridgehead atoms. The second kappa shape index (κ2) is 5.93. The van der Waals surface area contributed by atoms with E-state index in [0.717, 1.165) is 16.5 Å². The SMILES string of the molecule is CC(Nc1ccc(-n2cncn2)nc1)c1ccc(Cl)cc1. The van der Waals surface area contributed by atoms with Crippen molar-refractivity contribution < 1.29 is 0 Å². The van der Waals surface area contributed by atoms with Crippen molar-refractivity contribution in [3.63, 3.8) is 0 Å². The van der Waals surface area contributed by atoms with E-state index < -0.39 is 0 Å². The van der Waals surface area contributed by atoms with Crippen LogP contribution in [-0.4, -0.2) is 19.7 Å². The molecule has 6 heteroatoms. The molecule has 1 unspecified atom stereocenters. The van der Waals surface area contributed by atoms with Crippen LogP contribution in [0.4, 0.5) is 5.69 Å². The third-order valence-electron chi connectivity index (χ3n) is 3.15. The van der Waals surface area contributed by atoms with Gasteiger partial charge in [-0.1, -0.05) is 23.7 Å². The summed E-state index contributed by atoms with van der Waals surface area (Å²) < 4.78 is 1.62. The lowest BCUT2D eigenvalue weighted by atomic mass is 10.1. The Bertz CT molecular complexity index is 692. The Balaban J connectivity index is 1.71. The Kier molecular flexibility index (Phi) is 3.83. The van der Waals surface area contributed by atoms with Crippen LogP contribution in [0.2, 0.25) is 5.02 Å². The van der Waals surface area contributed by atoms with Gasteiger partial charge in [0.15, 0.2) is 5.82 Å². The highest BCUT2D eigenvalue weighted by Crippen LogP contribution is 2.20. The lowest BCUT2D eigenvalue weighted by molar-refractivity contribution is 0.841. The van der Waals surface area contributed by atoms with Crippen molar-refractivity contribution in [3.8, 4) is 5.82 Å². The van der Waals surface area contributed by atoms with Crippen LogP contribution in [0.1, 0.15) is 18.5 Å². The summed E-state index contributed by atoms with van der Waals surface area (Å²) in [6.07, 6.45) is 4.88. The topological polar surface area (TPSA) is 55.6 Å². The molecule has 0 amide bonds. The molecule has 0 saturated carbocycles. The van der Waals surface area contributed by atoms with Crippen molar-refractivity contribution in [1.82, 2.24) is 19.7 Å². The first-order chi connectivity index (χ1) is 10.2. The highest BCUT2D eigenvalue weighted by molar-refractivity contribution is 6.30. The summed E-state index contributed by atoms with van der Waals surface area (Å²) in [7, 11) is 0. The van der Waals surface area contributed by atoms with Crippen molar-refractivity contribution in [3.05, 3.63) is 65.8 Å². The maximum absolute atomic E-state index is 5.90. The van der Waals surface area contributed by atoms with E-state index in [0.29, 0.717) is 0 Å². The molecule has 2 heterocycles. The zero-order valence-corrected chi connectivity index (χ0v) is 12.2. The molecule has 1 N–H and O–H groups in total. The number of rotatable bonds is 4. The minimum atomic E-state index is 0.168. The first-order valence-electron chi connectivity index (χ1n) is 6.55. The van der Waals surface area contributed by atoms with Crippen LogP contribution in [0, 0.1) is 0 Å². The Hall–Kier alpha value is -2.40. The van der Waals surface area contributed by atoms with Gasteiger partial charge in [-0.3, -0.25) is 0 Å². The minimum absolute atomic E-state index is 0.168. The summed E-state index contributed by atoms with van der Waals surface area (Å²) >= 11 is 5.90. The summed E-state index contributed by atoms with van der Waals surface area (Å²) in [6, 6.07) is 11.8. The van der Waals surface area contributed by atoms with Crippen molar-refractivity contribution in [2.24, 2.45) is 0 Å². The van der Waals surface area contributed by atoms with E-state index in [1.165, 1.54) is 11.9 Å². The van der Waals surface area contributed by atoms with E-state index in [-0.39, 0.29) is 6.04 Å². The van der Waals surface area contributed by atoms with E-state index in [4.69, 9.17) is 11.6 Å². The molecule has 3 rings (SSSR count). The highest BCUT2D eigenvalue weighted by Gasteiger charge is 2.06. The molecular weight excluding hydrogens is 286 g/mol. The fourth-order valence-electron chi connectivity index (χ4n) is 2.02. The van der Waals surface area contributed by atoms with Crippen molar-refractivity contribution in [1.29, 1.82) is 0 Å². The van der Waals surface area contributed by atoms with Crippen LogP contribution >= 0.6 is 11.6 Å². The molecule has 21 heavy (non-hydrogen) atoms. The summed E-state index contributed by atoms with van der Waals surface area (Å²) in [6.45, 7) is 2.09. The molecule has 1 aromatic carbocycles. The lowest BCUT2D eigenvalue weighted by Gasteiger charge is -2.15. The fraction of sp³-hybridized carbons (Fsp3) is 0.133. The van der Waals surface area contributed by atoms with Crippen LogP contribution < -0.4 is 5.32 Å². The van der Waals surface area contributed by atoms with Gasteiger partial charge in [0.1, 0.15) is 12.7 Å². The van der Waals surface area contributed by atoms with Crippen molar-refractivity contribution in [2.75, 3.05) is 5.32 Å². The first kappa shape index (κ1) is 13.6. The molecule has 0 aliphatic carbocycles. The Morgan fingerprint density at radius 1 is 1.14 bits per heavy atom. The van der Waals surface area contributed by atoms with Gasteiger partial charge in [-0.25, -0.2) is 14.6 Å². The van der Waals surface area contributed by atoms with E-state index >= 15 is 0 Å². The number of nitrogens with zero attached hydrogens (tertiary/aromatic N) is 4. The van der Waals surface area contributed by atoms with Crippen molar-refractivity contribution in [2.45, 2.75) is 13.0 Å². The Labute approximate surface area is 127 Å². The molecule has 1 atom stereocenters. The molecule has 0 spiro atoms. The number of hydrogen-bond acceptors (Lipinski definition) is 4. The third kappa shape index (κ3) is 3.20. The van der Waals surface area contributed by atoms with Gasteiger partial charge in [-0.15, -0.1) is 0 Å². The average molecular weight is 300 g/mol. The Morgan fingerprint density at radius 2 is 1.95 bits per heavy atom. The van der Waals surface area contributed by atoms with Gasteiger partial charge < -0.3 is 5.32 Å². The van der Waals surface area contributed by atoms with E-state index in [9.17, 15) is 0 Å². The Morgan fingerprint density at radius 3 is 2.57 bits per heavy atom. The number of nitrogens with one attached hydrogen (secondary N) is 1. The van der Waals surface area contributed by atoms with Crippen LogP contribution in [0.3, 0.4) is 0 Å². The minimum Gasteiger partial charge on any atom is -0.377 e. The molecule has 0 fully saturated rings. The number of anilines is 1. The number of pyridine rings is 1. The predicted molar refractivity (Wildman–Crippen MR) is 82.6 cm³/mol. The van der Waals surface area contributed by atoms with Gasteiger partial charge >= 0.3 is 0 Å². The zero-order chi connectivity index (χ0) is 14.7. The van der Waals surface area contributed by atoms with Crippen LogP contribution in [0.25, 0.3) is 5.82 Å². The van der Waals surface area contributed by atoms with Gasteiger partial charge in [0.2, 0.25) is 0 Å². The number of halogens is 1. The molecule has 0 radical (unpaired) electrons. The largest absolute Gasteiger partial charge is 0.377 e. The predicted octanol–water partition coefficient (Wildman–Crippen LogP) is 3.49. The van der Waals surface area contributed by atoms with E-state index in [1.807, 2.05) is 36.4 Å². The molecule has 2 aromatic heterocycles. The summed E-state index contributed by atoms with van der Waals surface area (Å²) in [5, 5.41) is 8.18. The van der Waals surface area contributed by atoms with Crippen LogP contribution in [0.5, 0.6) is 0 Å². The van der Waals surface area contributed by atoms with Gasteiger partial charge in [0.25, 0.3) is 0 Å². The van der Waals surface area contributed by atoms with E-state index in [1.54, 1.807) is 17.2 Å². The maximum atomic E-state index is 5.90. The molecule has 3 aromatic rings. The van der Waals surface area contributed by atoms with Crippen LogP contribution in [-0.2, 0) is 0 Å². The maximum Gasteiger partial charge on any atom is 0.155 e. The lowest BCUT2D eigenvalue weighted by Crippen LogP contribution is -2.07. The van der Waals surface area contributed by atoms with Crippen LogP contribution in [0.15, 0.2) is 55.2 Å². The molecule has 0 aliphatic heterocycles. The van der Waals surface area contributed by atoms with Gasteiger partial charge in [0, 0.05) is 11.1 Å². The standard InChI is InChI=1S/C15H14ClN5/c1-11(12-2-4-13(16)5-3-12)20-14-6-7-15(18-8-14)21-10-17-9-19-21/h2-11,20H,1H3. The number of hydrogen-bond donors (Lipinski definition) is 1. The summed E-state index contributed by atoms with van der Waals surface area (Å²) in [4.78, 5) is 8.26. The first-order valence-corrected chi connectivity index (χ1v) is 6.93. The monoisotopic (exact) mass is 299 g/mol. The van der Waals surface area contributed by atoms with Gasteiger partial charge in [0.05, 0.1) is 11.9 Å². The van der Waals surface area contributed by atoms with Gasteiger partial charge in [-0.2, -0.15) is 5.10 Å². The summed E-state index contributed by atoms with van der Waals surface area (Å²) in [5.41, 5.74) is 2.11. The summed E-state index contributed by atoms with van der Waals surface area (Å²) in [5.74, 6) is 0.734. The number of aromatic nitrogens is 4. The third-order valence-corrected chi connectivity index (χ3v) is 3.41. The smallest absolute Gasteiger partial charge is 0.155 e. The highest BCUT2D eigenvalue weighted by atomic mass is 35.5. The second-order valence-corrected chi connectivity index (χ2v) is 5.10. The molecule has 0 saturated heterocycles. The van der Waals surface area contributed by atoms with Gasteiger partial charge in [-0.05, 0) is 36.8 Å². The number of benzene rings is 1. The van der Waals surface area contributed by atoms with Crippen molar-refractivity contribution >= 4 is 17.3 Å². The molecule has 0 aliphatic rings. The van der Waals surface area contributed by atoms with E-state index in [2.05, 4.69) is 27.3 Å². The molecular formula is C15H14ClN5. The second-order valence-electron chi connectivity index (χ2n) is 4.66. The fourth-order valence-corrected chi connectivity index (χ4v) is 2.14. The normalized spacial score (nSPS) is 12.1. The quantitative estimate of drug-likeness (QED) is 0.801. The molecule has 106 valence electrons. The average Bonchev–Trinajstić information content (AvgIpc) is 3.03. The molecule has 5 nitrogen and oxygen atoms in total. The zero-order valence-electron chi connectivity index (χ0n) is 11.4.